The van der Waals surface area contributed by atoms with Gasteiger partial charge in [0, 0.05) is 15.7 Å². The third kappa shape index (κ3) is 5.43. The summed E-state index contributed by atoms with van der Waals surface area (Å²) in [6.07, 6.45) is -2.15. The Bertz CT molecular complexity index is 124. The third-order valence-corrected chi connectivity index (χ3v) is 0.611. The van der Waals surface area contributed by atoms with Crippen molar-refractivity contribution in [1.82, 2.24) is 0 Å². The van der Waals surface area contributed by atoms with Crippen LogP contribution in [0.1, 0.15) is 22.0 Å². The van der Waals surface area contributed by atoms with Gasteiger partial charge >= 0.3 is 5.97 Å². The Morgan fingerprint density at radius 3 is 2.62 bits per heavy atom. The van der Waals surface area contributed by atoms with Gasteiger partial charge < -0.3 is 10.2 Å². The van der Waals surface area contributed by atoms with Crippen molar-refractivity contribution in [3.05, 3.63) is 0 Å². The van der Waals surface area contributed by atoms with Crippen molar-refractivity contribution in [3.8, 4) is 0 Å². The van der Waals surface area contributed by atoms with E-state index in [0.29, 0.717) is 0 Å². The molecule has 0 aliphatic heterocycles. The van der Waals surface area contributed by atoms with E-state index in [-0.39, 0.29) is 19.4 Å². The normalized spacial score (nSPS) is 14.6. The first kappa shape index (κ1) is 4.32. The average molecular weight is 120 g/mol. The van der Waals surface area contributed by atoms with Crippen LogP contribution in [0.4, 0.5) is 0 Å². The minimum Gasteiger partial charge on any atom is -0.481 e. The molecule has 0 spiro atoms. The fourth-order valence-electron chi connectivity index (χ4n) is 0.274. The second-order valence-corrected chi connectivity index (χ2v) is 1.31. The number of carboxylic acids is 1. The number of aliphatic carboxylic acids is 1. The van der Waals surface area contributed by atoms with Crippen LogP contribution in [0.3, 0.4) is 0 Å². The minimum absolute atomic E-state index is 0.140. The first-order valence-corrected chi connectivity index (χ1v) is 2.35. The summed E-state index contributed by atoms with van der Waals surface area (Å²) >= 11 is 0. The summed E-state index contributed by atoms with van der Waals surface area (Å²) in [5.74, 6) is -1.47. The van der Waals surface area contributed by atoms with E-state index in [0.717, 1.165) is 0 Å². The zero-order valence-corrected chi connectivity index (χ0v) is 4.42. The van der Waals surface area contributed by atoms with E-state index in [9.17, 15) is 4.79 Å². The van der Waals surface area contributed by atoms with E-state index < -0.39 is 12.3 Å². The first-order chi connectivity index (χ1) is 4.50. The lowest BCUT2D eigenvalue weighted by atomic mass is 10.2. The number of hydrogen-bond acceptors (Lipinski definition) is 2. The predicted molar refractivity (Wildman–Crippen MR) is 28.6 cm³/mol. The third-order valence-electron chi connectivity index (χ3n) is 0.611. The van der Waals surface area contributed by atoms with Crippen molar-refractivity contribution in [2.24, 2.45) is 0 Å². The first-order valence-electron chi connectivity index (χ1n) is 3.35. The van der Waals surface area contributed by atoms with Crippen LogP contribution in [0.5, 0.6) is 0 Å². The maximum Gasteiger partial charge on any atom is 0.303 e. The Labute approximate surface area is 50.8 Å². The van der Waals surface area contributed by atoms with Crippen LogP contribution in [0.15, 0.2) is 0 Å². The maximum atomic E-state index is 10.1. The lowest BCUT2D eigenvalue weighted by molar-refractivity contribution is -0.137. The van der Waals surface area contributed by atoms with Crippen LogP contribution in [0.25, 0.3) is 0 Å². The Morgan fingerprint density at radius 2 is 2.25 bits per heavy atom. The molecule has 0 heterocycles. The summed E-state index contributed by atoms with van der Waals surface area (Å²) < 4.78 is 13.7. The maximum absolute atomic E-state index is 10.1. The highest BCUT2D eigenvalue weighted by molar-refractivity contribution is 5.66. The van der Waals surface area contributed by atoms with Gasteiger partial charge in [0.05, 0.1) is 0 Å². The fourth-order valence-corrected chi connectivity index (χ4v) is 0.274. The SMILES string of the molecule is [2H]C([2H])(CCCO)C(=O)O. The smallest absolute Gasteiger partial charge is 0.303 e. The number of carbonyl (C=O) groups is 1. The molecule has 0 saturated heterocycles. The van der Waals surface area contributed by atoms with Crippen molar-refractivity contribution in [3.63, 3.8) is 0 Å². The van der Waals surface area contributed by atoms with Gasteiger partial charge in [0.15, 0.2) is 0 Å². The van der Waals surface area contributed by atoms with Gasteiger partial charge in [0.25, 0.3) is 0 Å². The molecule has 3 heteroatoms. The zero-order chi connectivity index (χ0) is 8.20. The van der Waals surface area contributed by atoms with E-state index in [1.807, 2.05) is 0 Å². The molecule has 0 rings (SSSR count). The molecular formula is C5H10O3. The molecule has 2 N–H and O–H groups in total. The molecule has 0 radical (unpaired) electrons. The van der Waals surface area contributed by atoms with Crippen LogP contribution < -0.4 is 0 Å². The van der Waals surface area contributed by atoms with Gasteiger partial charge in [-0.25, -0.2) is 0 Å². The highest BCUT2D eigenvalue weighted by Crippen LogP contribution is 1.92. The molecule has 0 amide bonds. The molecule has 0 aromatic carbocycles. The quantitative estimate of drug-likeness (QED) is 0.558. The summed E-state index contributed by atoms with van der Waals surface area (Å²) in [4.78, 5) is 10.1. The number of aliphatic hydroxyl groups excluding tert-OH is 1. The summed E-state index contributed by atoms with van der Waals surface area (Å²) in [5.41, 5.74) is 0. The standard InChI is InChI=1S/C5H10O3/c6-4-2-1-3-5(7)8/h6H,1-4H2,(H,7,8)/i3D2. The molecular weight excluding hydrogens is 108 g/mol. The van der Waals surface area contributed by atoms with Crippen molar-refractivity contribution in [1.29, 1.82) is 0 Å². The van der Waals surface area contributed by atoms with Crippen molar-refractivity contribution in [2.75, 3.05) is 6.61 Å². The molecule has 3 nitrogen and oxygen atoms in total. The average Bonchev–Trinajstić information content (AvgIpc) is 1.84. The van der Waals surface area contributed by atoms with E-state index >= 15 is 0 Å². The molecule has 0 aromatic heterocycles. The lowest BCUT2D eigenvalue weighted by Gasteiger charge is -1.89. The monoisotopic (exact) mass is 120 g/mol. The van der Waals surface area contributed by atoms with Gasteiger partial charge in [-0.2, -0.15) is 0 Å². The second kappa shape index (κ2) is 4.59. The Morgan fingerprint density at radius 1 is 1.62 bits per heavy atom. The molecule has 0 fully saturated rings. The number of rotatable bonds is 4. The zero-order valence-electron chi connectivity index (χ0n) is 6.42. The molecule has 0 atom stereocenters. The number of hydrogen-bond donors (Lipinski definition) is 2. The summed E-state index contributed by atoms with van der Waals surface area (Å²) in [6.45, 7) is -0.174. The lowest BCUT2D eigenvalue weighted by Crippen LogP contribution is -1.94. The van der Waals surface area contributed by atoms with Crippen LogP contribution in [-0.2, 0) is 4.79 Å². The Hall–Kier alpha value is -0.570. The molecule has 8 heavy (non-hydrogen) atoms. The van der Waals surface area contributed by atoms with Gasteiger partial charge in [-0.3, -0.25) is 4.79 Å². The van der Waals surface area contributed by atoms with Gasteiger partial charge in [0.2, 0.25) is 0 Å². The van der Waals surface area contributed by atoms with Gasteiger partial charge in [-0.15, -0.1) is 0 Å². The topological polar surface area (TPSA) is 57.5 Å². The summed E-state index contributed by atoms with van der Waals surface area (Å²) in [5, 5.41) is 16.5. The molecule has 0 aromatic rings. The van der Waals surface area contributed by atoms with Crippen molar-refractivity contribution in [2.45, 2.75) is 19.2 Å². The Kier molecular flexibility index (Phi) is 2.48. The minimum atomic E-state index is -2.19. The number of carboxylic acid groups (broad SMARTS) is 1. The summed E-state index contributed by atoms with van der Waals surface area (Å²) in [7, 11) is 0. The van der Waals surface area contributed by atoms with E-state index in [4.69, 9.17) is 13.0 Å². The Balaban J connectivity index is 3.75. The van der Waals surface area contributed by atoms with Crippen LogP contribution in [-0.4, -0.2) is 22.8 Å². The van der Waals surface area contributed by atoms with Crippen LogP contribution in [0.2, 0.25) is 0 Å². The van der Waals surface area contributed by atoms with E-state index in [2.05, 4.69) is 0 Å². The van der Waals surface area contributed by atoms with Crippen LogP contribution in [0, 0.1) is 0 Å². The molecule has 0 bridgehead atoms. The fraction of sp³-hybridized carbons (Fsp3) is 0.800. The molecule has 0 unspecified atom stereocenters. The van der Waals surface area contributed by atoms with Gasteiger partial charge in [-0.05, 0) is 12.8 Å². The van der Waals surface area contributed by atoms with Crippen LogP contribution >= 0.6 is 0 Å². The number of aliphatic hydroxyl groups is 1. The predicted octanol–water partition coefficient (Wildman–Crippen LogP) is 0.234. The largest absolute Gasteiger partial charge is 0.481 e. The van der Waals surface area contributed by atoms with Gasteiger partial charge in [0.1, 0.15) is 0 Å². The molecule has 0 aliphatic carbocycles. The van der Waals surface area contributed by atoms with E-state index in [1.54, 1.807) is 0 Å². The van der Waals surface area contributed by atoms with Crippen molar-refractivity contribution >= 4 is 5.97 Å². The molecule has 0 saturated carbocycles. The highest BCUT2D eigenvalue weighted by Gasteiger charge is 1.93. The summed E-state index contributed by atoms with van der Waals surface area (Å²) in [6, 6.07) is 0. The highest BCUT2D eigenvalue weighted by atomic mass is 16.4. The molecule has 48 valence electrons. The molecule has 0 aliphatic rings. The van der Waals surface area contributed by atoms with E-state index in [1.165, 1.54) is 0 Å². The van der Waals surface area contributed by atoms with Gasteiger partial charge in [-0.1, -0.05) is 0 Å². The second-order valence-electron chi connectivity index (χ2n) is 1.31. The van der Waals surface area contributed by atoms with Crippen molar-refractivity contribution < 1.29 is 17.7 Å².